The number of aromatic hydroxyl groups is 1. The molecule has 2 heterocycles. The van der Waals surface area contributed by atoms with E-state index in [2.05, 4.69) is 41.5 Å². The molecule has 3 aromatic rings. The summed E-state index contributed by atoms with van der Waals surface area (Å²) in [5.41, 5.74) is 10.9. The zero-order chi connectivity index (χ0) is 23.0. The van der Waals surface area contributed by atoms with Crippen molar-refractivity contribution in [2.45, 2.75) is 45.7 Å². The number of likely N-dealkylation sites (tertiary alicyclic amines) is 1. The number of imidazole rings is 1. The molecular formula is C25H29ClN4O2. The van der Waals surface area contributed by atoms with Crippen molar-refractivity contribution in [3.63, 3.8) is 0 Å². The molecule has 4 rings (SSSR count). The zero-order valence-corrected chi connectivity index (χ0v) is 19.5. The van der Waals surface area contributed by atoms with Crippen molar-refractivity contribution in [1.82, 2.24) is 14.5 Å². The maximum absolute atomic E-state index is 11.5. The second kappa shape index (κ2) is 8.96. The number of carbonyl (C=O) groups is 1. The summed E-state index contributed by atoms with van der Waals surface area (Å²) in [7, 11) is 2.02. The highest BCUT2D eigenvalue weighted by atomic mass is 35.5. The van der Waals surface area contributed by atoms with Crippen molar-refractivity contribution >= 4 is 17.5 Å². The van der Waals surface area contributed by atoms with Crippen LogP contribution in [-0.4, -0.2) is 32.0 Å². The van der Waals surface area contributed by atoms with Crippen LogP contribution in [-0.2, 0) is 13.6 Å². The molecule has 32 heavy (non-hydrogen) atoms. The summed E-state index contributed by atoms with van der Waals surface area (Å²) in [5, 5.41) is 10.8. The molecule has 168 valence electrons. The number of hydrogen-bond acceptors (Lipinski definition) is 4. The molecule has 1 fully saturated rings. The van der Waals surface area contributed by atoms with Crippen LogP contribution in [0.15, 0.2) is 36.4 Å². The average molecular weight is 453 g/mol. The molecule has 1 atom stereocenters. The van der Waals surface area contributed by atoms with Crippen LogP contribution in [0.25, 0.3) is 11.4 Å². The molecule has 3 N–H and O–H groups in total. The van der Waals surface area contributed by atoms with E-state index in [0.717, 1.165) is 48.5 Å². The van der Waals surface area contributed by atoms with Gasteiger partial charge in [-0.25, -0.2) is 4.98 Å². The Hall–Kier alpha value is -2.83. The fraction of sp³-hybridized carbons (Fsp3) is 0.360. The second-order valence-electron chi connectivity index (χ2n) is 8.62. The SMILES string of the molecule is Cc1cccc(C)c1-c1nc(Cl)c(CN2CCCCC2c2ccc(C(N)=O)c(O)c2)n1C. The Bertz CT molecular complexity index is 1150. The maximum atomic E-state index is 11.5. The van der Waals surface area contributed by atoms with Crippen LogP contribution in [0.1, 0.15) is 58.0 Å². The third-order valence-electron chi connectivity index (χ3n) is 6.51. The molecule has 1 amide bonds. The normalized spacial score (nSPS) is 16.9. The van der Waals surface area contributed by atoms with Gasteiger partial charge in [0.1, 0.15) is 11.6 Å². The summed E-state index contributed by atoms with van der Waals surface area (Å²) in [6.45, 7) is 5.75. The molecule has 7 heteroatoms. The number of aromatic nitrogens is 2. The van der Waals surface area contributed by atoms with E-state index in [4.69, 9.17) is 22.3 Å². The van der Waals surface area contributed by atoms with Crippen LogP contribution >= 0.6 is 11.6 Å². The molecule has 1 aliphatic heterocycles. The van der Waals surface area contributed by atoms with Gasteiger partial charge in [0.05, 0.1) is 11.3 Å². The first-order chi connectivity index (χ1) is 15.3. The number of benzene rings is 2. The van der Waals surface area contributed by atoms with Gasteiger partial charge >= 0.3 is 0 Å². The van der Waals surface area contributed by atoms with Crippen LogP contribution < -0.4 is 5.73 Å². The van der Waals surface area contributed by atoms with Gasteiger partial charge in [-0.3, -0.25) is 9.69 Å². The van der Waals surface area contributed by atoms with Gasteiger partial charge in [-0.05, 0) is 62.1 Å². The summed E-state index contributed by atoms with van der Waals surface area (Å²) in [5.74, 6) is 0.171. The van der Waals surface area contributed by atoms with E-state index in [-0.39, 0.29) is 17.4 Å². The number of primary amides is 1. The Morgan fingerprint density at radius 1 is 1.22 bits per heavy atom. The molecule has 1 unspecified atom stereocenters. The van der Waals surface area contributed by atoms with Crippen molar-refractivity contribution in [3.05, 3.63) is 69.5 Å². The maximum Gasteiger partial charge on any atom is 0.252 e. The number of amides is 1. The largest absolute Gasteiger partial charge is 0.507 e. The molecule has 0 bridgehead atoms. The van der Waals surface area contributed by atoms with E-state index in [9.17, 15) is 9.90 Å². The number of nitrogens with two attached hydrogens (primary N) is 1. The van der Waals surface area contributed by atoms with E-state index < -0.39 is 5.91 Å². The smallest absolute Gasteiger partial charge is 0.252 e. The van der Waals surface area contributed by atoms with Crippen molar-refractivity contribution in [1.29, 1.82) is 0 Å². The van der Waals surface area contributed by atoms with Gasteiger partial charge in [0.2, 0.25) is 0 Å². The molecule has 1 aliphatic rings. The number of halogens is 1. The lowest BCUT2D eigenvalue weighted by molar-refractivity contribution is 0.0997. The van der Waals surface area contributed by atoms with E-state index in [0.29, 0.717) is 11.7 Å². The van der Waals surface area contributed by atoms with E-state index >= 15 is 0 Å². The van der Waals surface area contributed by atoms with Gasteiger partial charge in [0.15, 0.2) is 5.15 Å². The van der Waals surface area contributed by atoms with Crippen molar-refractivity contribution in [2.24, 2.45) is 12.8 Å². The molecule has 6 nitrogen and oxygen atoms in total. The van der Waals surface area contributed by atoms with Crippen LogP contribution in [0.3, 0.4) is 0 Å². The number of rotatable bonds is 5. The molecule has 0 radical (unpaired) electrons. The molecule has 1 aromatic heterocycles. The number of carbonyl (C=O) groups excluding carboxylic acids is 1. The molecule has 0 aliphatic carbocycles. The van der Waals surface area contributed by atoms with E-state index in [1.54, 1.807) is 12.1 Å². The number of hydrogen-bond donors (Lipinski definition) is 2. The number of phenols is 1. The minimum Gasteiger partial charge on any atom is -0.507 e. The highest BCUT2D eigenvalue weighted by molar-refractivity contribution is 6.30. The summed E-state index contributed by atoms with van der Waals surface area (Å²) in [6.07, 6.45) is 3.17. The third kappa shape index (κ3) is 4.12. The van der Waals surface area contributed by atoms with Crippen LogP contribution in [0, 0.1) is 13.8 Å². The topological polar surface area (TPSA) is 84.4 Å². The monoisotopic (exact) mass is 452 g/mol. The Kier molecular flexibility index (Phi) is 6.26. The lowest BCUT2D eigenvalue weighted by atomic mass is 9.94. The number of nitrogens with zero attached hydrogens (tertiary/aromatic N) is 3. The highest BCUT2D eigenvalue weighted by Gasteiger charge is 2.28. The average Bonchev–Trinajstić information content (AvgIpc) is 3.02. The van der Waals surface area contributed by atoms with Gasteiger partial charge in [0.25, 0.3) is 5.91 Å². The minimum atomic E-state index is -0.629. The van der Waals surface area contributed by atoms with E-state index in [1.165, 1.54) is 11.1 Å². The third-order valence-corrected chi connectivity index (χ3v) is 6.81. The highest BCUT2D eigenvalue weighted by Crippen LogP contribution is 2.36. The Morgan fingerprint density at radius 3 is 2.59 bits per heavy atom. The quantitative estimate of drug-likeness (QED) is 0.577. The van der Waals surface area contributed by atoms with Gasteiger partial charge < -0.3 is 15.4 Å². The Balaban J connectivity index is 1.66. The zero-order valence-electron chi connectivity index (χ0n) is 18.7. The summed E-state index contributed by atoms with van der Waals surface area (Å²) in [4.78, 5) is 18.6. The summed E-state index contributed by atoms with van der Waals surface area (Å²) < 4.78 is 2.09. The molecule has 1 saturated heterocycles. The lowest BCUT2D eigenvalue weighted by Crippen LogP contribution is -2.33. The fourth-order valence-electron chi connectivity index (χ4n) is 4.78. The number of piperidine rings is 1. The first-order valence-electron chi connectivity index (χ1n) is 10.9. The Morgan fingerprint density at radius 2 is 1.94 bits per heavy atom. The van der Waals surface area contributed by atoms with Gasteiger partial charge in [-0.15, -0.1) is 0 Å². The molecule has 0 spiro atoms. The summed E-state index contributed by atoms with van der Waals surface area (Å²) >= 11 is 6.65. The van der Waals surface area contributed by atoms with Crippen LogP contribution in [0.5, 0.6) is 5.75 Å². The van der Waals surface area contributed by atoms with Gasteiger partial charge in [0, 0.05) is 25.2 Å². The second-order valence-corrected chi connectivity index (χ2v) is 8.98. The van der Waals surface area contributed by atoms with Gasteiger partial charge in [-0.1, -0.05) is 42.3 Å². The summed E-state index contributed by atoms with van der Waals surface area (Å²) in [6, 6.07) is 11.5. The van der Waals surface area contributed by atoms with Crippen LogP contribution in [0.4, 0.5) is 0 Å². The van der Waals surface area contributed by atoms with Crippen molar-refractivity contribution in [2.75, 3.05) is 6.54 Å². The predicted molar refractivity (Wildman–Crippen MR) is 127 cm³/mol. The first kappa shape index (κ1) is 22.4. The van der Waals surface area contributed by atoms with Gasteiger partial charge in [-0.2, -0.15) is 0 Å². The first-order valence-corrected chi connectivity index (χ1v) is 11.3. The molecular weight excluding hydrogens is 424 g/mol. The van der Waals surface area contributed by atoms with Crippen LogP contribution in [0.2, 0.25) is 5.15 Å². The predicted octanol–water partition coefficient (Wildman–Crippen LogP) is 4.89. The standard InChI is InChI=1S/C25H29ClN4O2/c1-15-7-6-8-16(2)22(15)25-28-23(26)20(29(25)3)14-30-12-5-4-9-19(30)17-10-11-18(24(27)32)21(31)13-17/h6-8,10-11,13,19,31H,4-5,9,12,14H2,1-3H3,(H2,27,32). The Labute approximate surface area is 193 Å². The lowest BCUT2D eigenvalue weighted by Gasteiger charge is -2.36. The molecule has 0 saturated carbocycles. The van der Waals surface area contributed by atoms with Crippen molar-refractivity contribution in [3.8, 4) is 17.1 Å². The molecule has 2 aromatic carbocycles. The van der Waals surface area contributed by atoms with Crippen molar-refractivity contribution < 1.29 is 9.90 Å². The van der Waals surface area contributed by atoms with E-state index in [1.807, 2.05) is 13.1 Å². The minimum absolute atomic E-state index is 0.0728. The number of aryl methyl sites for hydroxylation is 2. The fourth-order valence-corrected chi connectivity index (χ4v) is 5.04.